The van der Waals surface area contributed by atoms with Crippen LogP contribution in [0.3, 0.4) is 0 Å². The molecule has 0 aliphatic rings. The molecule has 2 heterocycles. The summed E-state index contributed by atoms with van der Waals surface area (Å²) in [7, 11) is 0. The predicted octanol–water partition coefficient (Wildman–Crippen LogP) is 2.75. The van der Waals surface area contributed by atoms with Gasteiger partial charge in [0, 0.05) is 17.1 Å². The Bertz CT molecular complexity index is 765. The van der Waals surface area contributed by atoms with Crippen LogP contribution < -0.4 is 5.73 Å². The van der Waals surface area contributed by atoms with Crippen LogP contribution in [0.1, 0.15) is 10.4 Å². The number of hydrogen-bond donors (Lipinski definition) is 2. The molecule has 0 aliphatic heterocycles. The van der Waals surface area contributed by atoms with E-state index in [1.165, 1.54) is 17.4 Å². The van der Waals surface area contributed by atoms with E-state index in [1.807, 2.05) is 0 Å². The highest BCUT2D eigenvalue weighted by Gasteiger charge is 2.23. The molecule has 0 fully saturated rings. The fourth-order valence-corrected chi connectivity index (χ4v) is 2.56. The van der Waals surface area contributed by atoms with Crippen LogP contribution in [-0.4, -0.2) is 21.2 Å². The highest BCUT2D eigenvalue weighted by atomic mass is 32.1. The molecule has 2 aromatic heterocycles. The molecule has 0 radical (unpaired) electrons. The van der Waals surface area contributed by atoms with E-state index >= 15 is 0 Å². The molecule has 0 saturated carbocycles. The van der Waals surface area contributed by atoms with E-state index in [9.17, 15) is 9.90 Å². The lowest BCUT2D eigenvalue weighted by Gasteiger charge is -2.05. The molecular weight excluding hydrogens is 278 g/mol. The zero-order valence-electron chi connectivity index (χ0n) is 10.1. The van der Waals surface area contributed by atoms with Crippen molar-refractivity contribution in [1.29, 1.82) is 0 Å². The number of carbonyl (C=O) groups is 1. The summed E-state index contributed by atoms with van der Waals surface area (Å²) in [4.78, 5) is 15.5. The Morgan fingerprint density at radius 2 is 2.15 bits per heavy atom. The van der Waals surface area contributed by atoms with Gasteiger partial charge in [0.05, 0.1) is 11.1 Å². The van der Waals surface area contributed by atoms with Gasteiger partial charge in [0.25, 0.3) is 0 Å². The summed E-state index contributed by atoms with van der Waals surface area (Å²) in [6.45, 7) is 0. The zero-order chi connectivity index (χ0) is 14.1. The second kappa shape index (κ2) is 4.78. The molecule has 3 N–H and O–H groups in total. The molecule has 6 nitrogen and oxygen atoms in total. The van der Waals surface area contributed by atoms with E-state index in [1.54, 1.807) is 29.8 Å². The van der Waals surface area contributed by atoms with Crippen LogP contribution >= 0.6 is 11.3 Å². The van der Waals surface area contributed by atoms with Gasteiger partial charge in [-0.05, 0) is 6.07 Å². The molecule has 1 aromatic carbocycles. The molecule has 7 heteroatoms. The Morgan fingerprint density at radius 1 is 1.35 bits per heavy atom. The van der Waals surface area contributed by atoms with Gasteiger partial charge in [-0.1, -0.05) is 23.4 Å². The Hall–Kier alpha value is -2.67. The number of rotatable bonds is 3. The van der Waals surface area contributed by atoms with Crippen LogP contribution in [0.15, 0.2) is 40.4 Å². The quantitative estimate of drug-likeness (QED) is 0.767. The number of carboxylic acids is 1. The minimum atomic E-state index is -1.04. The van der Waals surface area contributed by atoms with Crippen molar-refractivity contribution in [3.05, 3.63) is 41.4 Å². The molecule has 0 saturated heterocycles. The fraction of sp³-hybridized carbons (Fsp3) is 0. The third-order valence-corrected chi connectivity index (χ3v) is 3.56. The van der Waals surface area contributed by atoms with Gasteiger partial charge in [-0.25, -0.2) is 9.78 Å². The number of nitrogens with two attached hydrogens (primary N) is 1. The SMILES string of the molecule is Nc1onc(-c2nccs2)c1-c1ccccc1C(=O)O. The molecule has 3 aromatic rings. The Morgan fingerprint density at radius 3 is 2.85 bits per heavy atom. The first-order valence-electron chi connectivity index (χ1n) is 5.66. The average Bonchev–Trinajstić information content (AvgIpc) is 3.07. The Balaban J connectivity index is 2.26. The van der Waals surface area contributed by atoms with Gasteiger partial charge in [-0.2, -0.15) is 0 Å². The van der Waals surface area contributed by atoms with E-state index in [-0.39, 0.29) is 11.4 Å². The maximum atomic E-state index is 11.3. The number of aromatic nitrogens is 2. The van der Waals surface area contributed by atoms with Crippen molar-refractivity contribution in [2.24, 2.45) is 0 Å². The van der Waals surface area contributed by atoms with Gasteiger partial charge < -0.3 is 15.4 Å². The lowest BCUT2D eigenvalue weighted by Crippen LogP contribution is -2.00. The van der Waals surface area contributed by atoms with Gasteiger partial charge in [-0.3, -0.25) is 0 Å². The van der Waals surface area contributed by atoms with Crippen LogP contribution in [0, 0.1) is 0 Å². The van der Waals surface area contributed by atoms with Crippen LogP contribution in [0.5, 0.6) is 0 Å². The van der Waals surface area contributed by atoms with E-state index < -0.39 is 5.97 Å². The van der Waals surface area contributed by atoms with Gasteiger partial charge in [0.2, 0.25) is 5.88 Å². The minimum absolute atomic E-state index is 0.0731. The number of thiazole rings is 1. The van der Waals surface area contributed by atoms with Gasteiger partial charge in [0.1, 0.15) is 5.01 Å². The monoisotopic (exact) mass is 287 g/mol. The maximum absolute atomic E-state index is 11.3. The molecular formula is C13H9N3O3S. The fourth-order valence-electron chi connectivity index (χ4n) is 1.94. The van der Waals surface area contributed by atoms with E-state index in [0.717, 1.165) is 0 Å². The lowest BCUT2D eigenvalue weighted by atomic mass is 9.99. The summed E-state index contributed by atoms with van der Waals surface area (Å²) in [6, 6.07) is 6.57. The number of nitrogens with zero attached hydrogens (tertiary/aromatic N) is 2. The van der Waals surface area contributed by atoms with Crippen molar-refractivity contribution >= 4 is 23.2 Å². The molecule has 0 spiro atoms. The van der Waals surface area contributed by atoms with Crippen molar-refractivity contribution in [2.75, 3.05) is 5.73 Å². The standard InChI is InChI=1S/C13H9N3O3S/c14-11-9(7-3-1-2-4-8(7)13(17)18)10(16-19-11)12-15-5-6-20-12/h1-6H,14H2,(H,17,18). The summed E-state index contributed by atoms with van der Waals surface area (Å²) in [5.41, 5.74) is 7.31. The van der Waals surface area contributed by atoms with Gasteiger partial charge in [-0.15, -0.1) is 11.3 Å². The van der Waals surface area contributed by atoms with E-state index in [2.05, 4.69) is 10.1 Å². The van der Waals surface area contributed by atoms with Crippen molar-refractivity contribution in [2.45, 2.75) is 0 Å². The minimum Gasteiger partial charge on any atom is -0.478 e. The Kier molecular flexibility index (Phi) is 2.96. The number of hydrogen-bond acceptors (Lipinski definition) is 6. The third kappa shape index (κ3) is 1.94. The number of benzene rings is 1. The third-order valence-electron chi connectivity index (χ3n) is 2.78. The van der Waals surface area contributed by atoms with Crippen LogP contribution in [0.25, 0.3) is 21.8 Å². The van der Waals surface area contributed by atoms with Crippen LogP contribution in [-0.2, 0) is 0 Å². The largest absolute Gasteiger partial charge is 0.478 e. The number of carboxylic acid groups (broad SMARTS) is 1. The summed E-state index contributed by atoms with van der Waals surface area (Å²) in [5, 5.41) is 15.6. The number of anilines is 1. The molecule has 3 rings (SSSR count). The molecule has 0 amide bonds. The molecule has 100 valence electrons. The summed E-state index contributed by atoms with van der Waals surface area (Å²) in [6.07, 6.45) is 1.64. The summed E-state index contributed by atoms with van der Waals surface area (Å²) < 4.78 is 5.01. The Labute approximate surface area is 117 Å². The van der Waals surface area contributed by atoms with Crippen LogP contribution in [0.4, 0.5) is 5.88 Å². The topological polar surface area (TPSA) is 102 Å². The first kappa shape index (κ1) is 12.4. The number of aromatic carboxylic acids is 1. The highest BCUT2D eigenvalue weighted by molar-refractivity contribution is 7.13. The average molecular weight is 287 g/mol. The summed E-state index contributed by atoms with van der Waals surface area (Å²) >= 11 is 1.38. The van der Waals surface area contributed by atoms with Crippen molar-refractivity contribution in [3.63, 3.8) is 0 Å². The van der Waals surface area contributed by atoms with Crippen molar-refractivity contribution in [3.8, 4) is 21.8 Å². The second-order valence-electron chi connectivity index (χ2n) is 3.96. The molecule has 0 atom stereocenters. The molecule has 0 aliphatic carbocycles. The molecule has 0 bridgehead atoms. The van der Waals surface area contributed by atoms with Crippen molar-refractivity contribution < 1.29 is 14.4 Å². The number of nitrogen functional groups attached to an aromatic ring is 1. The molecule has 0 unspecified atom stereocenters. The summed E-state index contributed by atoms with van der Waals surface area (Å²) in [5.74, 6) is -0.963. The smallest absolute Gasteiger partial charge is 0.336 e. The zero-order valence-corrected chi connectivity index (χ0v) is 10.9. The first-order chi connectivity index (χ1) is 9.68. The second-order valence-corrected chi connectivity index (χ2v) is 4.85. The lowest BCUT2D eigenvalue weighted by molar-refractivity contribution is 0.0698. The van der Waals surface area contributed by atoms with E-state index in [0.29, 0.717) is 21.8 Å². The normalized spacial score (nSPS) is 10.6. The van der Waals surface area contributed by atoms with Gasteiger partial charge in [0.15, 0.2) is 5.69 Å². The highest BCUT2D eigenvalue weighted by Crippen LogP contribution is 2.38. The van der Waals surface area contributed by atoms with Gasteiger partial charge >= 0.3 is 5.97 Å². The first-order valence-corrected chi connectivity index (χ1v) is 6.54. The van der Waals surface area contributed by atoms with Crippen molar-refractivity contribution in [1.82, 2.24) is 10.1 Å². The van der Waals surface area contributed by atoms with Crippen LogP contribution in [0.2, 0.25) is 0 Å². The predicted molar refractivity (Wildman–Crippen MR) is 74.4 cm³/mol. The maximum Gasteiger partial charge on any atom is 0.336 e. The van der Waals surface area contributed by atoms with E-state index in [4.69, 9.17) is 10.3 Å². The molecule has 20 heavy (non-hydrogen) atoms.